The first kappa shape index (κ1) is 10.0. The summed E-state index contributed by atoms with van der Waals surface area (Å²) >= 11 is 0. The fraction of sp³-hybridized carbons (Fsp3) is 0.143. The fourth-order valence-corrected chi connectivity index (χ4v) is 2.48. The largest absolute Gasteiger partial charge is 0.399 e. The third kappa shape index (κ3) is 1.35. The molecule has 0 aliphatic carbocycles. The average Bonchev–Trinajstić information content (AvgIpc) is 2.62. The molecule has 3 rings (SSSR count). The third-order valence-electron chi connectivity index (χ3n) is 3.23. The molecular weight excluding hydrogens is 210 g/mol. The molecule has 3 heteroatoms. The predicted octanol–water partition coefficient (Wildman–Crippen LogP) is 2.98. The summed E-state index contributed by atoms with van der Waals surface area (Å²) in [6.07, 6.45) is 0. The first-order chi connectivity index (χ1) is 8.20. The minimum Gasteiger partial charge on any atom is -0.399 e. The Morgan fingerprint density at radius 2 is 1.35 bits per heavy atom. The summed E-state index contributed by atoms with van der Waals surface area (Å²) in [4.78, 5) is 0. The lowest BCUT2D eigenvalue weighted by molar-refractivity contribution is 0.827. The van der Waals surface area contributed by atoms with Crippen LogP contribution in [0.25, 0.3) is 21.8 Å². The number of nitrogens with zero attached hydrogens (tertiary/aromatic N) is 1. The molecule has 17 heavy (non-hydrogen) atoms. The van der Waals surface area contributed by atoms with Crippen LogP contribution in [0.4, 0.5) is 11.4 Å². The maximum Gasteiger partial charge on any atom is 0.0492 e. The highest BCUT2D eigenvalue weighted by Gasteiger charge is 2.09. The molecule has 0 spiro atoms. The number of aromatic nitrogens is 1. The highest BCUT2D eigenvalue weighted by molar-refractivity contribution is 6.09. The van der Waals surface area contributed by atoms with Crippen LogP contribution in [0.2, 0.25) is 0 Å². The van der Waals surface area contributed by atoms with Crippen LogP contribution in [0.5, 0.6) is 0 Å². The van der Waals surface area contributed by atoms with E-state index in [-0.39, 0.29) is 0 Å². The summed E-state index contributed by atoms with van der Waals surface area (Å²) in [5.74, 6) is 0. The van der Waals surface area contributed by atoms with Gasteiger partial charge in [0.15, 0.2) is 0 Å². The molecular formula is C14H15N3. The molecule has 0 saturated heterocycles. The lowest BCUT2D eigenvalue weighted by Crippen LogP contribution is -1.93. The number of nitrogen functional groups attached to an aromatic ring is 2. The van der Waals surface area contributed by atoms with Crippen molar-refractivity contribution in [2.24, 2.45) is 0 Å². The summed E-state index contributed by atoms with van der Waals surface area (Å²) in [7, 11) is 0. The Hall–Kier alpha value is -2.16. The standard InChI is InChI=1S/C14H15N3/c1-2-17-13-5-3-9(15)7-11(13)12-8-10(16)4-6-14(12)17/h3-8H,2,15-16H2,1H3. The fourth-order valence-electron chi connectivity index (χ4n) is 2.48. The highest BCUT2D eigenvalue weighted by atomic mass is 15.0. The van der Waals surface area contributed by atoms with Gasteiger partial charge in [0.05, 0.1) is 0 Å². The molecule has 0 unspecified atom stereocenters. The van der Waals surface area contributed by atoms with Gasteiger partial charge in [-0.15, -0.1) is 0 Å². The number of rotatable bonds is 1. The van der Waals surface area contributed by atoms with Gasteiger partial charge in [0.1, 0.15) is 0 Å². The zero-order valence-electron chi connectivity index (χ0n) is 9.77. The van der Waals surface area contributed by atoms with E-state index in [2.05, 4.69) is 23.6 Å². The number of nitrogens with two attached hydrogens (primary N) is 2. The molecule has 3 nitrogen and oxygen atoms in total. The molecule has 1 aromatic heterocycles. The van der Waals surface area contributed by atoms with Crippen LogP contribution in [0.3, 0.4) is 0 Å². The first-order valence-corrected chi connectivity index (χ1v) is 5.77. The number of benzene rings is 2. The molecule has 0 aliphatic rings. The molecule has 86 valence electrons. The van der Waals surface area contributed by atoms with Gasteiger partial charge in [0.2, 0.25) is 0 Å². The van der Waals surface area contributed by atoms with Gasteiger partial charge in [-0.25, -0.2) is 0 Å². The number of hydrogen-bond acceptors (Lipinski definition) is 2. The SMILES string of the molecule is CCn1c2ccc(N)cc2c2cc(N)ccc21. The Balaban J connectivity index is 2.57. The maximum atomic E-state index is 5.86. The summed E-state index contributed by atoms with van der Waals surface area (Å²) < 4.78 is 2.28. The van der Waals surface area contributed by atoms with E-state index in [9.17, 15) is 0 Å². The van der Waals surface area contributed by atoms with Crippen molar-refractivity contribution in [3.8, 4) is 0 Å². The minimum absolute atomic E-state index is 0.787. The average molecular weight is 225 g/mol. The second-order valence-electron chi connectivity index (χ2n) is 4.30. The van der Waals surface area contributed by atoms with Crippen molar-refractivity contribution in [3.05, 3.63) is 36.4 Å². The maximum absolute atomic E-state index is 5.86. The van der Waals surface area contributed by atoms with E-state index < -0.39 is 0 Å². The molecule has 0 fully saturated rings. The molecule has 0 bridgehead atoms. The van der Waals surface area contributed by atoms with Crippen molar-refractivity contribution in [2.45, 2.75) is 13.5 Å². The van der Waals surface area contributed by atoms with E-state index in [1.165, 1.54) is 21.8 Å². The van der Waals surface area contributed by atoms with Crippen molar-refractivity contribution < 1.29 is 0 Å². The minimum atomic E-state index is 0.787. The molecule has 2 aromatic carbocycles. The molecule has 1 heterocycles. The molecule has 4 N–H and O–H groups in total. The van der Waals surface area contributed by atoms with Crippen molar-refractivity contribution in [2.75, 3.05) is 11.5 Å². The van der Waals surface area contributed by atoms with Crippen LogP contribution < -0.4 is 11.5 Å². The van der Waals surface area contributed by atoms with Crippen molar-refractivity contribution in [1.29, 1.82) is 0 Å². The van der Waals surface area contributed by atoms with Gasteiger partial charge in [-0.2, -0.15) is 0 Å². The highest BCUT2D eigenvalue weighted by Crippen LogP contribution is 2.31. The normalized spacial score (nSPS) is 11.4. The van der Waals surface area contributed by atoms with Crippen LogP contribution in [-0.4, -0.2) is 4.57 Å². The third-order valence-corrected chi connectivity index (χ3v) is 3.23. The van der Waals surface area contributed by atoms with Gasteiger partial charge < -0.3 is 16.0 Å². The second kappa shape index (κ2) is 3.42. The molecule has 0 amide bonds. The molecule has 0 radical (unpaired) electrons. The van der Waals surface area contributed by atoms with Crippen molar-refractivity contribution >= 4 is 33.2 Å². The number of hydrogen-bond donors (Lipinski definition) is 2. The Labute approximate surface area is 99.6 Å². The van der Waals surface area contributed by atoms with Gasteiger partial charge >= 0.3 is 0 Å². The number of fused-ring (bicyclic) bond motifs is 3. The van der Waals surface area contributed by atoms with E-state index in [1.54, 1.807) is 0 Å². The van der Waals surface area contributed by atoms with E-state index >= 15 is 0 Å². The van der Waals surface area contributed by atoms with Crippen LogP contribution >= 0.6 is 0 Å². The van der Waals surface area contributed by atoms with Crippen LogP contribution in [0.15, 0.2) is 36.4 Å². The van der Waals surface area contributed by atoms with Gasteiger partial charge in [-0.1, -0.05) is 0 Å². The number of aryl methyl sites for hydroxylation is 1. The predicted molar refractivity (Wildman–Crippen MR) is 73.9 cm³/mol. The smallest absolute Gasteiger partial charge is 0.0492 e. The van der Waals surface area contributed by atoms with E-state index in [0.717, 1.165) is 17.9 Å². The summed E-state index contributed by atoms with van der Waals surface area (Å²) in [5, 5.41) is 2.35. The summed E-state index contributed by atoms with van der Waals surface area (Å²) in [6.45, 7) is 3.08. The Bertz CT molecular complexity index is 651. The number of anilines is 2. The van der Waals surface area contributed by atoms with Gasteiger partial charge in [-0.05, 0) is 43.3 Å². The van der Waals surface area contributed by atoms with Crippen LogP contribution in [0, 0.1) is 0 Å². The van der Waals surface area contributed by atoms with Gasteiger partial charge in [0.25, 0.3) is 0 Å². The van der Waals surface area contributed by atoms with Gasteiger partial charge in [-0.3, -0.25) is 0 Å². The lowest BCUT2D eigenvalue weighted by Gasteiger charge is -2.02. The van der Waals surface area contributed by atoms with Crippen molar-refractivity contribution in [1.82, 2.24) is 4.57 Å². The van der Waals surface area contributed by atoms with Crippen LogP contribution in [0.1, 0.15) is 6.92 Å². The van der Waals surface area contributed by atoms with Crippen molar-refractivity contribution in [3.63, 3.8) is 0 Å². The molecule has 0 atom stereocenters. The summed E-state index contributed by atoms with van der Waals surface area (Å²) in [6, 6.07) is 12.1. The van der Waals surface area contributed by atoms with E-state index in [4.69, 9.17) is 11.5 Å². The Morgan fingerprint density at radius 1 is 0.882 bits per heavy atom. The van der Waals surface area contributed by atoms with E-state index in [0.29, 0.717) is 0 Å². The quantitative estimate of drug-likeness (QED) is 0.625. The first-order valence-electron chi connectivity index (χ1n) is 5.77. The lowest BCUT2D eigenvalue weighted by atomic mass is 10.1. The Kier molecular flexibility index (Phi) is 2.01. The topological polar surface area (TPSA) is 57.0 Å². The summed E-state index contributed by atoms with van der Waals surface area (Å²) in [5.41, 5.74) is 15.7. The Morgan fingerprint density at radius 3 is 1.76 bits per heavy atom. The van der Waals surface area contributed by atoms with Gasteiger partial charge in [0, 0.05) is 39.7 Å². The monoisotopic (exact) mass is 225 g/mol. The zero-order chi connectivity index (χ0) is 12.0. The molecule has 0 aliphatic heterocycles. The van der Waals surface area contributed by atoms with E-state index in [1.807, 2.05) is 24.3 Å². The zero-order valence-corrected chi connectivity index (χ0v) is 9.77. The second-order valence-corrected chi connectivity index (χ2v) is 4.30. The van der Waals surface area contributed by atoms with Crippen LogP contribution in [-0.2, 0) is 6.54 Å². The molecule has 3 aromatic rings. The molecule has 0 saturated carbocycles.